The minimum Gasteiger partial charge on any atom is -0.489 e. The highest BCUT2D eigenvalue weighted by Crippen LogP contribution is 2.34. The van der Waals surface area contributed by atoms with Gasteiger partial charge in [0.05, 0.1) is 13.7 Å². The molecule has 1 atom stereocenters. The van der Waals surface area contributed by atoms with Crippen LogP contribution in [0, 0.1) is 17.6 Å². The van der Waals surface area contributed by atoms with Crippen LogP contribution in [-0.4, -0.2) is 37.2 Å². The Hall–Kier alpha value is -3.16. The Balaban J connectivity index is 1.79. The molecule has 0 fully saturated rings. The van der Waals surface area contributed by atoms with Gasteiger partial charge in [0.25, 0.3) is 0 Å². The fourth-order valence-electron chi connectivity index (χ4n) is 3.40. The third kappa shape index (κ3) is 5.13. The van der Waals surface area contributed by atoms with E-state index in [1.54, 1.807) is 18.2 Å². The Labute approximate surface area is 179 Å². The van der Waals surface area contributed by atoms with E-state index in [0.29, 0.717) is 17.7 Å². The molecule has 31 heavy (non-hydrogen) atoms. The molecule has 0 saturated heterocycles. The Morgan fingerprint density at radius 3 is 2.68 bits per heavy atom. The molecule has 0 aromatic heterocycles. The highest BCUT2D eigenvalue weighted by Gasteiger charge is 2.38. The van der Waals surface area contributed by atoms with Crippen molar-refractivity contribution in [2.75, 3.05) is 20.3 Å². The molecule has 2 aromatic carbocycles. The molecular formula is C23H25F2NO5. The number of halogens is 2. The van der Waals surface area contributed by atoms with Crippen LogP contribution in [0.2, 0.25) is 0 Å². The molecular weight excluding hydrogens is 408 g/mol. The van der Waals surface area contributed by atoms with Crippen LogP contribution in [0.15, 0.2) is 36.4 Å². The lowest BCUT2D eigenvalue weighted by Crippen LogP contribution is -2.44. The van der Waals surface area contributed by atoms with Crippen LogP contribution in [0.5, 0.6) is 5.75 Å². The van der Waals surface area contributed by atoms with Crippen LogP contribution in [0.1, 0.15) is 36.6 Å². The molecule has 0 spiro atoms. The molecule has 8 heteroatoms. The van der Waals surface area contributed by atoms with Crippen LogP contribution < -0.4 is 4.74 Å². The third-order valence-electron chi connectivity index (χ3n) is 4.97. The number of carbonyl (C=O) groups excluding carboxylic acids is 2. The largest absolute Gasteiger partial charge is 0.489 e. The average Bonchev–Trinajstić information content (AvgIpc) is 2.76. The number of nitrogens with zero attached hydrogens (tertiary/aromatic N) is 1. The summed E-state index contributed by atoms with van der Waals surface area (Å²) in [7, 11) is 1.26. The van der Waals surface area contributed by atoms with Crippen LogP contribution >= 0.6 is 0 Å². The van der Waals surface area contributed by atoms with E-state index >= 15 is 0 Å². The quantitative estimate of drug-likeness (QED) is 0.632. The lowest BCUT2D eigenvalue weighted by molar-refractivity contribution is -0.147. The lowest BCUT2D eigenvalue weighted by atomic mass is 9.92. The van der Waals surface area contributed by atoms with Gasteiger partial charge < -0.3 is 14.2 Å². The first-order valence-electron chi connectivity index (χ1n) is 10.0. The molecule has 0 saturated carbocycles. The maximum absolute atomic E-state index is 13.8. The number of hydrogen-bond acceptors (Lipinski definition) is 5. The van der Waals surface area contributed by atoms with Crippen molar-refractivity contribution in [1.82, 2.24) is 4.90 Å². The van der Waals surface area contributed by atoms with Gasteiger partial charge in [-0.1, -0.05) is 32.0 Å². The Kier molecular flexibility index (Phi) is 7.09. The fourth-order valence-corrected chi connectivity index (χ4v) is 3.40. The second-order valence-electron chi connectivity index (χ2n) is 7.70. The van der Waals surface area contributed by atoms with Gasteiger partial charge in [-0.15, -0.1) is 0 Å². The van der Waals surface area contributed by atoms with Gasteiger partial charge >= 0.3 is 12.1 Å². The summed E-state index contributed by atoms with van der Waals surface area (Å²) < 4.78 is 43.0. The summed E-state index contributed by atoms with van der Waals surface area (Å²) in [6.07, 6.45) is -0.0952. The normalized spacial score (nSPS) is 15.4. The van der Waals surface area contributed by atoms with E-state index < -0.39 is 29.7 Å². The van der Waals surface area contributed by atoms with Gasteiger partial charge in [0.1, 0.15) is 12.4 Å². The highest BCUT2D eigenvalue weighted by atomic mass is 19.2. The number of carbonyl (C=O) groups is 2. The molecule has 0 bridgehead atoms. The fraction of sp³-hybridized carbons (Fsp3) is 0.391. The summed E-state index contributed by atoms with van der Waals surface area (Å²) in [4.78, 5) is 26.4. The summed E-state index contributed by atoms with van der Waals surface area (Å²) in [6.45, 7) is 4.23. The number of esters is 1. The summed E-state index contributed by atoms with van der Waals surface area (Å²) in [5.74, 6) is -1.83. The number of fused-ring (bicyclic) bond motifs is 1. The van der Waals surface area contributed by atoms with Gasteiger partial charge in [0, 0.05) is 12.1 Å². The van der Waals surface area contributed by atoms with E-state index in [2.05, 4.69) is 0 Å². The number of methoxy groups -OCH3 is 1. The molecule has 0 aliphatic carbocycles. The first-order chi connectivity index (χ1) is 14.8. The number of ether oxygens (including phenoxy) is 3. The van der Waals surface area contributed by atoms with Gasteiger partial charge in [0.15, 0.2) is 17.7 Å². The Morgan fingerprint density at radius 1 is 1.19 bits per heavy atom. The smallest absolute Gasteiger partial charge is 0.410 e. The summed E-state index contributed by atoms with van der Waals surface area (Å²) in [5.41, 5.74) is 1.52. The molecule has 1 aliphatic heterocycles. The predicted molar refractivity (Wildman–Crippen MR) is 108 cm³/mol. The monoisotopic (exact) mass is 433 g/mol. The van der Waals surface area contributed by atoms with Crippen molar-refractivity contribution >= 4 is 12.1 Å². The van der Waals surface area contributed by atoms with Crippen molar-refractivity contribution in [2.24, 2.45) is 5.92 Å². The van der Waals surface area contributed by atoms with E-state index in [4.69, 9.17) is 14.2 Å². The minimum atomic E-state index is -0.943. The van der Waals surface area contributed by atoms with Crippen LogP contribution in [0.4, 0.5) is 13.6 Å². The molecule has 2 aromatic rings. The van der Waals surface area contributed by atoms with Gasteiger partial charge in [-0.3, -0.25) is 4.90 Å². The zero-order valence-corrected chi connectivity index (χ0v) is 17.7. The van der Waals surface area contributed by atoms with Crippen molar-refractivity contribution in [3.8, 4) is 5.75 Å². The van der Waals surface area contributed by atoms with Crippen LogP contribution in [0.25, 0.3) is 0 Å². The van der Waals surface area contributed by atoms with E-state index in [1.165, 1.54) is 24.1 Å². The number of hydrogen-bond donors (Lipinski definition) is 0. The number of rotatable bonds is 6. The van der Waals surface area contributed by atoms with Crippen molar-refractivity contribution < 1.29 is 32.6 Å². The number of amides is 1. The summed E-state index contributed by atoms with van der Waals surface area (Å²) in [6, 6.07) is 8.01. The molecule has 0 radical (unpaired) electrons. The standard InChI is InChI=1S/C23H25F2NO5/c1-14(2)12-31-23(28)26-10-9-15-11-17(7-8-18(15)21(26)22(27)29-3)30-13-16-5-4-6-19(24)20(16)25/h4-8,11,14,21H,9-10,12-13H2,1-3H3. The van der Waals surface area contributed by atoms with Gasteiger partial charge in [-0.05, 0) is 41.7 Å². The van der Waals surface area contributed by atoms with Gasteiger partial charge in [-0.2, -0.15) is 0 Å². The molecule has 1 amide bonds. The van der Waals surface area contributed by atoms with Crippen molar-refractivity contribution in [3.63, 3.8) is 0 Å². The minimum absolute atomic E-state index is 0.101. The first kappa shape index (κ1) is 22.5. The Bertz CT molecular complexity index is 963. The van der Waals surface area contributed by atoms with Crippen molar-refractivity contribution in [1.29, 1.82) is 0 Å². The number of benzene rings is 2. The maximum atomic E-state index is 13.8. The average molecular weight is 433 g/mol. The predicted octanol–water partition coefficient (Wildman–Crippen LogP) is 4.41. The second-order valence-corrected chi connectivity index (χ2v) is 7.70. The van der Waals surface area contributed by atoms with Crippen molar-refractivity contribution in [3.05, 3.63) is 64.7 Å². The molecule has 1 unspecified atom stereocenters. The molecule has 1 aliphatic rings. The molecule has 3 rings (SSSR count). The van der Waals surface area contributed by atoms with Crippen molar-refractivity contribution in [2.45, 2.75) is 32.9 Å². The van der Waals surface area contributed by atoms with E-state index in [0.717, 1.165) is 11.6 Å². The van der Waals surface area contributed by atoms with E-state index in [1.807, 2.05) is 13.8 Å². The highest BCUT2D eigenvalue weighted by molar-refractivity contribution is 5.84. The molecule has 6 nitrogen and oxygen atoms in total. The first-order valence-corrected chi connectivity index (χ1v) is 10.0. The summed E-state index contributed by atoms with van der Waals surface area (Å²) >= 11 is 0. The van der Waals surface area contributed by atoms with E-state index in [-0.39, 0.29) is 31.2 Å². The molecule has 0 N–H and O–H groups in total. The van der Waals surface area contributed by atoms with Crippen LogP contribution in [-0.2, 0) is 27.3 Å². The third-order valence-corrected chi connectivity index (χ3v) is 4.97. The van der Waals surface area contributed by atoms with E-state index in [9.17, 15) is 18.4 Å². The second kappa shape index (κ2) is 9.76. The van der Waals surface area contributed by atoms with Gasteiger partial charge in [0.2, 0.25) is 0 Å². The van der Waals surface area contributed by atoms with Crippen LogP contribution in [0.3, 0.4) is 0 Å². The molecule has 1 heterocycles. The zero-order chi connectivity index (χ0) is 22.5. The lowest BCUT2D eigenvalue weighted by Gasteiger charge is -2.35. The topological polar surface area (TPSA) is 65.1 Å². The SMILES string of the molecule is COC(=O)C1c2ccc(OCc3cccc(F)c3F)cc2CCN1C(=O)OCC(C)C. The Morgan fingerprint density at radius 2 is 1.97 bits per heavy atom. The zero-order valence-electron chi connectivity index (χ0n) is 17.7. The molecule has 166 valence electrons. The summed E-state index contributed by atoms with van der Waals surface area (Å²) in [5, 5.41) is 0. The maximum Gasteiger partial charge on any atom is 0.410 e. The van der Waals surface area contributed by atoms with Gasteiger partial charge in [-0.25, -0.2) is 18.4 Å².